The molecule has 0 N–H and O–H groups in total. The number of esters is 1. The van der Waals surface area contributed by atoms with Gasteiger partial charge in [0.15, 0.2) is 0 Å². The lowest BCUT2D eigenvalue weighted by atomic mass is 9.81. The number of allylic oxidation sites excluding steroid dienone is 3. The van der Waals surface area contributed by atoms with Gasteiger partial charge in [-0.05, 0) is 24.5 Å². The molecule has 3 heteroatoms. The van der Waals surface area contributed by atoms with Gasteiger partial charge in [-0.15, -0.1) is 0 Å². The minimum atomic E-state index is -1.34. The third-order valence-electron chi connectivity index (χ3n) is 4.16. The fourth-order valence-electron chi connectivity index (χ4n) is 3.13. The second-order valence-corrected chi connectivity index (χ2v) is 11.7. The van der Waals surface area contributed by atoms with Crippen molar-refractivity contribution in [2.24, 2.45) is 5.92 Å². The summed E-state index contributed by atoms with van der Waals surface area (Å²) in [4.78, 5) is 12.0. The first-order chi connectivity index (χ1) is 8.40. The van der Waals surface area contributed by atoms with Gasteiger partial charge in [0.1, 0.15) is 6.10 Å². The van der Waals surface area contributed by atoms with Crippen LogP contribution in [0.5, 0.6) is 0 Å². The summed E-state index contributed by atoms with van der Waals surface area (Å²) in [7, 11) is -1.34. The van der Waals surface area contributed by atoms with E-state index in [-0.39, 0.29) is 18.0 Å². The van der Waals surface area contributed by atoms with Gasteiger partial charge in [0.2, 0.25) is 0 Å². The van der Waals surface area contributed by atoms with Crippen LogP contribution in [0, 0.1) is 5.92 Å². The first-order valence-electron chi connectivity index (χ1n) is 6.59. The van der Waals surface area contributed by atoms with E-state index < -0.39 is 8.07 Å². The van der Waals surface area contributed by atoms with Crippen molar-refractivity contribution in [2.75, 3.05) is 0 Å². The number of carbonyl (C=O) groups excluding carboxylic acids is 1. The largest absolute Gasteiger partial charge is 0.458 e. The van der Waals surface area contributed by atoms with E-state index in [1.54, 1.807) is 0 Å². The van der Waals surface area contributed by atoms with E-state index in [0.717, 1.165) is 17.6 Å². The van der Waals surface area contributed by atoms with Crippen molar-refractivity contribution < 1.29 is 9.53 Å². The monoisotopic (exact) mass is 262 g/mol. The van der Waals surface area contributed by atoms with E-state index in [4.69, 9.17) is 4.74 Å². The maximum atomic E-state index is 12.0. The molecule has 1 saturated heterocycles. The van der Waals surface area contributed by atoms with Gasteiger partial charge < -0.3 is 4.74 Å². The summed E-state index contributed by atoms with van der Waals surface area (Å²) in [6.45, 7) is 12.8. The molecular formula is C15H22O2Si. The average molecular weight is 262 g/mol. The molecule has 1 fully saturated rings. The molecule has 2 rings (SSSR count). The Labute approximate surface area is 110 Å². The fourth-order valence-corrected chi connectivity index (χ4v) is 5.20. The maximum absolute atomic E-state index is 12.0. The third kappa shape index (κ3) is 2.01. The first-order valence-corrected chi connectivity index (χ1v) is 10.2. The molecule has 2 aliphatic rings. The number of ether oxygens (including phenoxy) is 1. The molecule has 0 saturated carbocycles. The first kappa shape index (κ1) is 13.3. The summed E-state index contributed by atoms with van der Waals surface area (Å²) in [6, 6.07) is 0. The van der Waals surface area contributed by atoms with Crippen molar-refractivity contribution in [3.63, 3.8) is 0 Å². The minimum absolute atomic E-state index is 0.0355. The van der Waals surface area contributed by atoms with Crippen LogP contribution in [-0.2, 0) is 9.53 Å². The molecule has 0 aromatic rings. The molecule has 1 heterocycles. The molecule has 1 aliphatic carbocycles. The number of hydrogen-bond acceptors (Lipinski definition) is 2. The van der Waals surface area contributed by atoms with Crippen molar-refractivity contribution in [1.29, 1.82) is 0 Å². The molecule has 18 heavy (non-hydrogen) atoms. The Morgan fingerprint density at radius 1 is 1.44 bits per heavy atom. The van der Waals surface area contributed by atoms with Crippen LogP contribution in [0.4, 0.5) is 0 Å². The van der Waals surface area contributed by atoms with Crippen LogP contribution < -0.4 is 0 Å². The smallest absolute Gasteiger partial charge is 0.334 e. The van der Waals surface area contributed by atoms with Crippen molar-refractivity contribution in [2.45, 2.75) is 44.6 Å². The maximum Gasteiger partial charge on any atom is 0.334 e. The van der Waals surface area contributed by atoms with E-state index >= 15 is 0 Å². The molecular weight excluding hydrogens is 240 g/mol. The van der Waals surface area contributed by atoms with Crippen LogP contribution in [0.1, 0.15) is 13.3 Å². The number of rotatable bonds is 2. The highest BCUT2D eigenvalue weighted by molar-refractivity contribution is 6.77. The zero-order valence-electron chi connectivity index (χ0n) is 11.7. The highest BCUT2D eigenvalue weighted by Crippen LogP contribution is 2.48. The molecule has 0 aromatic heterocycles. The van der Waals surface area contributed by atoms with Gasteiger partial charge >= 0.3 is 5.97 Å². The summed E-state index contributed by atoms with van der Waals surface area (Å²) >= 11 is 0. The number of fused-ring (bicyclic) bond motifs is 1. The van der Waals surface area contributed by atoms with Gasteiger partial charge in [0.05, 0.1) is 14.0 Å². The number of hydrogen-bond donors (Lipinski definition) is 0. The summed E-state index contributed by atoms with van der Waals surface area (Å²) < 4.78 is 5.68. The van der Waals surface area contributed by atoms with Crippen LogP contribution in [0.2, 0.25) is 25.2 Å². The van der Waals surface area contributed by atoms with Crippen LogP contribution in [-0.4, -0.2) is 20.1 Å². The van der Waals surface area contributed by atoms with Crippen LogP contribution in [0.3, 0.4) is 0 Å². The highest BCUT2D eigenvalue weighted by Gasteiger charge is 2.50. The molecule has 0 aromatic carbocycles. The van der Waals surface area contributed by atoms with Gasteiger partial charge in [-0.2, -0.15) is 0 Å². The van der Waals surface area contributed by atoms with Gasteiger partial charge in [-0.1, -0.05) is 44.4 Å². The fraction of sp³-hybridized carbons (Fsp3) is 0.533. The Kier molecular flexibility index (Phi) is 3.36. The van der Waals surface area contributed by atoms with Gasteiger partial charge in [0, 0.05) is 5.57 Å². The normalized spacial score (nSPS) is 34.0. The predicted octanol–water partition coefficient (Wildman–Crippen LogP) is 3.70. The molecule has 0 unspecified atom stereocenters. The Balaban J connectivity index is 2.46. The Morgan fingerprint density at radius 2 is 2.11 bits per heavy atom. The Morgan fingerprint density at radius 3 is 2.61 bits per heavy atom. The van der Waals surface area contributed by atoms with E-state index in [2.05, 4.69) is 32.3 Å². The molecule has 98 valence electrons. The predicted molar refractivity (Wildman–Crippen MR) is 77.1 cm³/mol. The molecule has 1 aliphatic heterocycles. The van der Waals surface area contributed by atoms with Crippen molar-refractivity contribution in [3.05, 3.63) is 36.0 Å². The molecule has 2 nitrogen and oxygen atoms in total. The van der Waals surface area contributed by atoms with Crippen molar-refractivity contribution in [1.82, 2.24) is 0 Å². The lowest BCUT2D eigenvalue weighted by Crippen LogP contribution is -2.41. The third-order valence-corrected chi connectivity index (χ3v) is 6.95. The quantitative estimate of drug-likeness (QED) is 0.431. The lowest BCUT2D eigenvalue weighted by molar-refractivity contribution is -0.139. The standard InChI is InChI=1S/C15H22O2Si/c1-6-10-8-9-12(18(3,4)5)14-13(10)11(7-2)15(16)17-14/h6-8,12-14H,1,9H2,2-5H3/b11-7-/t12-,13-,14-/m0/s1. The molecule has 0 bridgehead atoms. The highest BCUT2D eigenvalue weighted by atomic mass is 28.3. The van der Waals surface area contributed by atoms with Crippen molar-refractivity contribution >= 4 is 14.0 Å². The summed E-state index contributed by atoms with van der Waals surface area (Å²) in [5.74, 6) is -0.0177. The zero-order chi connectivity index (χ0) is 13.5. The topological polar surface area (TPSA) is 26.3 Å². The van der Waals surface area contributed by atoms with E-state index in [1.165, 1.54) is 0 Å². The van der Waals surface area contributed by atoms with Gasteiger partial charge in [0.25, 0.3) is 0 Å². The van der Waals surface area contributed by atoms with Crippen LogP contribution >= 0.6 is 0 Å². The summed E-state index contributed by atoms with van der Waals surface area (Å²) in [5.41, 5.74) is 2.48. The zero-order valence-corrected chi connectivity index (χ0v) is 12.7. The molecule has 0 radical (unpaired) electrons. The molecule has 0 amide bonds. The van der Waals surface area contributed by atoms with Crippen molar-refractivity contribution in [3.8, 4) is 0 Å². The van der Waals surface area contributed by atoms with Crippen LogP contribution in [0.15, 0.2) is 36.0 Å². The van der Waals surface area contributed by atoms with Gasteiger partial charge in [-0.3, -0.25) is 0 Å². The second-order valence-electron chi connectivity index (χ2n) is 6.21. The Bertz CT molecular complexity index is 440. The molecule has 3 atom stereocenters. The van der Waals surface area contributed by atoms with Crippen LogP contribution in [0.25, 0.3) is 0 Å². The summed E-state index contributed by atoms with van der Waals surface area (Å²) in [5, 5.41) is 0. The minimum Gasteiger partial charge on any atom is -0.458 e. The second kappa shape index (κ2) is 4.54. The Hall–Kier alpha value is -1.09. The lowest BCUT2D eigenvalue weighted by Gasteiger charge is -2.38. The average Bonchev–Trinajstić information content (AvgIpc) is 2.62. The van der Waals surface area contributed by atoms with Gasteiger partial charge in [-0.25, -0.2) is 4.79 Å². The van der Waals surface area contributed by atoms with E-state index in [0.29, 0.717) is 5.54 Å². The summed E-state index contributed by atoms with van der Waals surface area (Å²) in [6.07, 6.45) is 7.08. The number of carbonyl (C=O) groups is 1. The van der Waals surface area contributed by atoms with E-state index in [1.807, 2.05) is 19.1 Å². The van der Waals surface area contributed by atoms with E-state index in [9.17, 15) is 4.79 Å². The SMILES string of the molecule is C=CC1=CC[C@H]([Si](C)(C)C)[C@@H]2OC(=O)/C(=C\C)[C@H]12. The molecule has 0 spiro atoms.